The van der Waals surface area contributed by atoms with Gasteiger partial charge in [0.25, 0.3) is 0 Å². The van der Waals surface area contributed by atoms with E-state index in [9.17, 15) is 14.4 Å². The molecule has 0 rings (SSSR count). The lowest BCUT2D eigenvalue weighted by Gasteiger charge is -2.18. The van der Waals surface area contributed by atoms with Crippen LogP contribution < -0.4 is 0 Å². The minimum atomic E-state index is -0.758. The van der Waals surface area contributed by atoms with Crippen molar-refractivity contribution >= 4 is 17.9 Å². The third-order valence-electron chi connectivity index (χ3n) is 10.8. The highest BCUT2D eigenvalue weighted by Crippen LogP contribution is 2.17. The molecule has 6 heteroatoms. The summed E-state index contributed by atoms with van der Waals surface area (Å²) in [5.74, 6) is 0.826. The van der Waals surface area contributed by atoms with Crippen LogP contribution in [0.15, 0.2) is 0 Å². The summed E-state index contributed by atoms with van der Waals surface area (Å²) < 4.78 is 16.6. The van der Waals surface area contributed by atoms with Gasteiger partial charge in [-0.15, -0.1) is 0 Å². The van der Waals surface area contributed by atoms with Crippen molar-refractivity contribution in [2.24, 2.45) is 11.8 Å². The molecule has 0 saturated heterocycles. The van der Waals surface area contributed by atoms with Gasteiger partial charge in [-0.05, 0) is 31.1 Å². The van der Waals surface area contributed by atoms with Gasteiger partial charge >= 0.3 is 17.9 Å². The highest BCUT2D eigenvalue weighted by atomic mass is 16.6. The Balaban J connectivity index is 4.10. The molecule has 0 aromatic heterocycles. The van der Waals surface area contributed by atoms with Crippen LogP contribution in [0, 0.1) is 11.8 Å². The Morgan fingerprint density at radius 2 is 0.717 bits per heavy atom. The number of unbranched alkanes of at least 4 members (excludes halogenated alkanes) is 25. The number of hydrogen-bond acceptors (Lipinski definition) is 6. The standard InChI is InChI=1S/C47H90O6/c1-6-8-9-25-34-39-47(50)53-44(41-52-46(49)38-33-29-24-20-19-22-27-31-36-43(5)7-2)40-51-45(48)37-32-28-23-18-16-14-12-10-11-13-15-17-21-26-30-35-42(3)4/h42-44H,6-41H2,1-5H3/t43?,44-/m0/s1. The molecule has 0 spiro atoms. The molecule has 1 unspecified atom stereocenters. The van der Waals surface area contributed by atoms with Gasteiger partial charge in [-0.3, -0.25) is 14.4 Å². The first kappa shape index (κ1) is 51.4. The minimum Gasteiger partial charge on any atom is -0.462 e. The molecule has 0 N–H and O–H groups in total. The Kier molecular flexibility index (Phi) is 38.9. The van der Waals surface area contributed by atoms with Gasteiger partial charge in [0.1, 0.15) is 13.2 Å². The van der Waals surface area contributed by atoms with E-state index in [1.54, 1.807) is 0 Å². The lowest BCUT2D eigenvalue weighted by molar-refractivity contribution is -0.167. The van der Waals surface area contributed by atoms with Crippen molar-refractivity contribution in [3.8, 4) is 0 Å². The van der Waals surface area contributed by atoms with E-state index in [0.29, 0.717) is 19.3 Å². The van der Waals surface area contributed by atoms with Crippen molar-refractivity contribution in [1.29, 1.82) is 0 Å². The summed E-state index contributed by atoms with van der Waals surface area (Å²) >= 11 is 0. The van der Waals surface area contributed by atoms with Crippen LogP contribution in [0.2, 0.25) is 0 Å². The highest BCUT2D eigenvalue weighted by molar-refractivity contribution is 5.71. The van der Waals surface area contributed by atoms with Gasteiger partial charge in [0.2, 0.25) is 0 Å². The number of carbonyl (C=O) groups excluding carboxylic acids is 3. The molecule has 0 heterocycles. The predicted molar refractivity (Wildman–Crippen MR) is 224 cm³/mol. The molecule has 6 nitrogen and oxygen atoms in total. The molecule has 0 saturated carbocycles. The van der Waals surface area contributed by atoms with Gasteiger partial charge < -0.3 is 14.2 Å². The Morgan fingerprint density at radius 3 is 1.08 bits per heavy atom. The molecule has 0 fully saturated rings. The van der Waals surface area contributed by atoms with Crippen molar-refractivity contribution in [2.45, 2.75) is 259 Å². The smallest absolute Gasteiger partial charge is 0.306 e. The Bertz CT molecular complexity index is 811. The van der Waals surface area contributed by atoms with Gasteiger partial charge in [-0.25, -0.2) is 0 Å². The van der Waals surface area contributed by atoms with Crippen molar-refractivity contribution in [2.75, 3.05) is 13.2 Å². The fraction of sp³-hybridized carbons (Fsp3) is 0.936. The maximum absolute atomic E-state index is 12.5. The SMILES string of the molecule is CCCCCCCC(=O)O[C@@H](COC(=O)CCCCCCCCCCCCCCCCCC(C)C)COC(=O)CCCCCCCCCCC(C)CC. The van der Waals surface area contributed by atoms with E-state index in [2.05, 4.69) is 34.6 Å². The first-order valence-corrected chi connectivity index (χ1v) is 23.3. The molecule has 0 bridgehead atoms. The molecule has 0 aromatic carbocycles. The number of esters is 3. The van der Waals surface area contributed by atoms with Crippen molar-refractivity contribution in [3.63, 3.8) is 0 Å². The van der Waals surface area contributed by atoms with Crippen molar-refractivity contribution < 1.29 is 28.6 Å². The topological polar surface area (TPSA) is 78.9 Å². The summed E-state index contributed by atoms with van der Waals surface area (Å²) in [7, 11) is 0. The van der Waals surface area contributed by atoms with E-state index in [1.165, 1.54) is 135 Å². The molecule has 0 radical (unpaired) electrons. The summed E-state index contributed by atoms with van der Waals surface area (Å²) in [6.07, 6.45) is 38.3. The normalized spacial score (nSPS) is 12.6. The van der Waals surface area contributed by atoms with Crippen LogP contribution in [0.4, 0.5) is 0 Å². The molecule has 0 aliphatic heterocycles. The fourth-order valence-electron chi connectivity index (χ4n) is 6.90. The summed E-state index contributed by atoms with van der Waals surface area (Å²) in [4.78, 5) is 37.5. The lowest BCUT2D eigenvalue weighted by atomic mass is 9.99. The average Bonchev–Trinajstić information content (AvgIpc) is 3.14. The largest absolute Gasteiger partial charge is 0.462 e. The van der Waals surface area contributed by atoms with E-state index < -0.39 is 6.10 Å². The summed E-state index contributed by atoms with van der Waals surface area (Å²) in [6, 6.07) is 0. The lowest BCUT2D eigenvalue weighted by Crippen LogP contribution is -2.30. The summed E-state index contributed by atoms with van der Waals surface area (Å²) in [5, 5.41) is 0. The van der Waals surface area contributed by atoms with E-state index in [1.807, 2.05) is 0 Å². The molecule has 0 amide bonds. The van der Waals surface area contributed by atoms with Gasteiger partial charge in [0, 0.05) is 19.3 Å². The second-order valence-corrected chi connectivity index (χ2v) is 16.8. The monoisotopic (exact) mass is 751 g/mol. The summed E-state index contributed by atoms with van der Waals surface area (Å²) in [6.45, 7) is 11.3. The molecular weight excluding hydrogens is 661 g/mol. The Hall–Kier alpha value is -1.59. The molecule has 314 valence electrons. The van der Waals surface area contributed by atoms with Crippen molar-refractivity contribution in [3.05, 3.63) is 0 Å². The molecule has 0 aliphatic carbocycles. The van der Waals surface area contributed by atoms with Gasteiger partial charge in [-0.1, -0.05) is 214 Å². The molecular formula is C47H90O6. The quantitative estimate of drug-likeness (QED) is 0.0352. The fourth-order valence-corrected chi connectivity index (χ4v) is 6.90. The van der Waals surface area contributed by atoms with Gasteiger partial charge in [0.05, 0.1) is 0 Å². The Labute approximate surface area is 329 Å². The zero-order valence-electron chi connectivity index (χ0n) is 36.1. The van der Waals surface area contributed by atoms with Crippen molar-refractivity contribution in [1.82, 2.24) is 0 Å². The van der Waals surface area contributed by atoms with E-state index in [-0.39, 0.29) is 31.1 Å². The van der Waals surface area contributed by atoms with E-state index >= 15 is 0 Å². The zero-order chi connectivity index (χ0) is 39.0. The molecule has 0 aromatic rings. The third kappa shape index (κ3) is 39.9. The van der Waals surface area contributed by atoms with Gasteiger partial charge in [-0.2, -0.15) is 0 Å². The first-order chi connectivity index (χ1) is 25.8. The van der Waals surface area contributed by atoms with Crippen LogP contribution in [0.25, 0.3) is 0 Å². The van der Waals surface area contributed by atoms with Gasteiger partial charge in [0.15, 0.2) is 6.10 Å². The first-order valence-electron chi connectivity index (χ1n) is 23.3. The van der Waals surface area contributed by atoms with E-state index in [4.69, 9.17) is 14.2 Å². The van der Waals surface area contributed by atoms with Crippen LogP contribution in [-0.2, 0) is 28.6 Å². The van der Waals surface area contributed by atoms with Crippen LogP contribution in [0.3, 0.4) is 0 Å². The second-order valence-electron chi connectivity index (χ2n) is 16.8. The maximum Gasteiger partial charge on any atom is 0.306 e. The minimum absolute atomic E-state index is 0.0661. The number of carbonyl (C=O) groups is 3. The van der Waals surface area contributed by atoms with Crippen LogP contribution in [-0.4, -0.2) is 37.2 Å². The zero-order valence-corrected chi connectivity index (χ0v) is 36.1. The third-order valence-corrected chi connectivity index (χ3v) is 10.8. The molecule has 0 aliphatic rings. The highest BCUT2D eigenvalue weighted by Gasteiger charge is 2.19. The summed E-state index contributed by atoms with van der Waals surface area (Å²) in [5.41, 5.74) is 0. The predicted octanol–water partition coefficient (Wildman–Crippen LogP) is 14.6. The maximum atomic E-state index is 12.5. The molecule has 53 heavy (non-hydrogen) atoms. The van der Waals surface area contributed by atoms with Crippen LogP contribution >= 0.6 is 0 Å². The van der Waals surface area contributed by atoms with Crippen LogP contribution in [0.5, 0.6) is 0 Å². The Morgan fingerprint density at radius 1 is 0.396 bits per heavy atom. The second kappa shape index (κ2) is 40.1. The van der Waals surface area contributed by atoms with E-state index in [0.717, 1.165) is 76.0 Å². The van der Waals surface area contributed by atoms with Crippen LogP contribution in [0.1, 0.15) is 253 Å². The number of ether oxygens (including phenoxy) is 3. The average molecular weight is 751 g/mol. The molecule has 2 atom stereocenters. The number of hydrogen-bond donors (Lipinski definition) is 0. The number of rotatable bonds is 41.